The number of phenolic OH excluding ortho intramolecular Hbond substituents is 1. The summed E-state index contributed by atoms with van der Waals surface area (Å²) in [4.78, 5) is 0. The van der Waals surface area contributed by atoms with Crippen molar-refractivity contribution in [2.75, 3.05) is 0 Å². The van der Waals surface area contributed by atoms with Gasteiger partial charge in [0.25, 0.3) is 0 Å². The van der Waals surface area contributed by atoms with E-state index in [1.807, 2.05) is 6.07 Å². The Morgan fingerprint density at radius 2 is 0.745 bits per heavy atom. The van der Waals surface area contributed by atoms with Gasteiger partial charge in [-0.2, -0.15) is 0 Å². The number of rotatable bonds is 30. The first kappa shape index (κ1) is 42.5. The third-order valence-electron chi connectivity index (χ3n) is 10.8. The maximum Gasteiger partial charge on any atom is 0.138 e. The van der Waals surface area contributed by atoms with E-state index in [2.05, 4.69) is 100 Å². The Hall–Kier alpha value is -2.94. The lowest BCUT2D eigenvalue weighted by Crippen LogP contribution is -2.41. The van der Waals surface area contributed by atoms with Crippen LogP contribution >= 0.6 is 0 Å². The van der Waals surface area contributed by atoms with Crippen molar-refractivity contribution in [3.8, 4) is 17.2 Å². The molecular weight excluding hydrogens is 625 g/mol. The summed E-state index contributed by atoms with van der Waals surface area (Å²) in [5.41, 5.74) is 0.855. The Labute approximate surface area is 314 Å². The molecule has 3 aromatic rings. The van der Waals surface area contributed by atoms with Crippen LogP contribution in [0.25, 0.3) is 0 Å². The number of unbranched alkanes of at least 4 members (excludes halogenated alkanes) is 16. The second-order valence-corrected chi connectivity index (χ2v) is 15.2. The summed E-state index contributed by atoms with van der Waals surface area (Å²) in [5, 5.41) is 12.3. The summed E-state index contributed by atoms with van der Waals surface area (Å²) >= 11 is 0. The molecule has 0 aliphatic heterocycles. The fraction of sp³-hybridized carbons (Fsp3) is 0.625. The van der Waals surface area contributed by atoms with Crippen LogP contribution in [0.4, 0.5) is 0 Å². The molecule has 0 bridgehead atoms. The van der Waals surface area contributed by atoms with Gasteiger partial charge in [0.1, 0.15) is 28.5 Å². The Morgan fingerprint density at radius 3 is 1.14 bits per heavy atom. The number of ether oxygens (including phenoxy) is 2. The molecule has 0 saturated heterocycles. The standard InChI is InChI=1S/C48H74O3/c1-5-9-13-17-27-38-47(39-28-18-14-10-6-2,50-42-32-23-21-24-33-42)44-36-31-37-45(49)46(44)48(40-29-19-15-11-7-3,41-30-20-16-12-8-4)51-43-34-25-22-26-35-43/h21-26,31-37,49H,5-20,27-30,38-41H2,1-4H3. The molecule has 0 radical (unpaired) electrons. The smallest absolute Gasteiger partial charge is 0.138 e. The average molecular weight is 699 g/mol. The Morgan fingerprint density at radius 1 is 0.392 bits per heavy atom. The molecule has 1 N–H and O–H groups in total. The topological polar surface area (TPSA) is 38.7 Å². The van der Waals surface area contributed by atoms with E-state index < -0.39 is 11.2 Å². The molecule has 51 heavy (non-hydrogen) atoms. The fourth-order valence-corrected chi connectivity index (χ4v) is 7.96. The van der Waals surface area contributed by atoms with Crippen LogP contribution in [-0.4, -0.2) is 5.11 Å². The molecular formula is C48H74O3. The van der Waals surface area contributed by atoms with E-state index >= 15 is 0 Å². The minimum absolute atomic E-state index is 0.351. The lowest BCUT2D eigenvalue weighted by Gasteiger charge is -2.43. The lowest BCUT2D eigenvalue weighted by molar-refractivity contribution is 0.0150. The average Bonchev–Trinajstić information content (AvgIpc) is 3.15. The summed E-state index contributed by atoms with van der Waals surface area (Å²) in [6, 6.07) is 27.1. The molecule has 0 amide bonds. The summed E-state index contributed by atoms with van der Waals surface area (Å²) in [5.74, 6) is 2.13. The number of aromatic hydroxyl groups is 1. The van der Waals surface area contributed by atoms with Crippen LogP contribution in [0.1, 0.15) is 193 Å². The van der Waals surface area contributed by atoms with Gasteiger partial charge in [-0.3, -0.25) is 0 Å². The third-order valence-corrected chi connectivity index (χ3v) is 10.8. The first-order valence-electron chi connectivity index (χ1n) is 21.3. The Balaban J connectivity index is 2.24. The van der Waals surface area contributed by atoms with Crippen LogP contribution in [0.15, 0.2) is 78.9 Å². The van der Waals surface area contributed by atoms with Crippen LogP contribution in [0, 0.1) is 0 Å². The predicted octanol–water partition coefficient (Wildman–Crippen LogP) is 15.4. The maximum atomic E-state index is 12.3. The van der Waals surface area contributed by atoms with Crippen molar-refractivity contribution >= 4 is 0 Å². The lowest BCUT2D eigenvalue weighted by atomic mass is 9.73. The van der Waals surface area contributed by atoms with Gasteiger partial charge >= 0.3 is 0 Å². The number of hydrogen-bond acceptors (Lipinski definition) is 3. The van der Waals surface area contributed by atoms with E-state index in [1.165, 1.54) is 103 Å². The van der Waals surface area contributed by atoms with Crippen molar-refractivity contribution in [1.29, 1.82) is 0 Å². The molecule has 0 aliphatic carbocycles. The second kappa shape index (κ2) is 25.1. The summed E-state index contributed by atoms with van der Waals surface area (Å²) in [6.45, 7) is 9.14. The first-order valence-corrected chi connectivity index (χ1v) is 21.3. The highest BCUT2D eigenvalue weighted by Gasteiger charge is 2.45. The monoisotopic (exact) mass is 699 g/mol. The van der Waals surface area contributed by atoms with E-state index in [4.69, 9.17) is 9.47 Å². The van der Waals surface area contributed by atoms with Crippen molar-refractivity contribution in [3.05, 3.63) is 90.0 Å². The van der Waals surface area contributed by atoms with Crippen molar-refractivity contribution in [2.24, 2.45) is 0 Å². The molecule has 0 aliphatic rings. The molecule has 0 unspecified atom stereocenters. The summed E-state index contributed by atoms with van der Waals surface area (Å²) < 4.78 is 14.8. The minimum atomic E-state index is -0.670. The zero-order chi connectivity index (χ0) is 36.5. The van der Waals surface area contributed by atoms with Gasteiger partial charge in [-0.1, -0.05) is 179 Å². The molecule has 3 heteroatoms. The molecule has 0 spiro atoms. The first-order chi connectivity index (χ1) is 25.0. The highest BCUT2D eigenvalue weighted by Crippen LogP contribution is 2.50. The second-order valence-electron chi connectivity index (χ2n) is 15.2. The van der Waals surface area contributed by atoms with Crippen molar-refractivity contribution in [2.45, 2.75) is 193 Å². The quantitative estimate of drug-likeness (QED) is 0.0704. The number of hydrogen-bond donors (Lipinski definition) is 1. The van der Waals surface area contributed by atoms with Crippen LogP contribution in [0.3, 0.4) is 0 Å². The van der Waals surface area contributed by atoms with Gasteiger partial charge in [-0.05, 0) is 81.7 Å². The molecule has 284 valence electrons. The summed E-state index contributed by atoms with van der Waals surface area (Å²) in [7, 11) is 0. The number of benzene rings is 3. The van der Waals surface area contributed by atoms with E-state index in [9.17, 15) is 5.11 Å². The summed E-state index contributed by atoms with van der Waals surface area (Å²) in [6.07, 6.45) is 27.6. The normalized spacial score (nSPS) is 11.9. The van der Waals surface area contributed by atoms with Gasteiger partial charge in [-0.15, -0.1) is 0 Å². The molecule has 0 fully saturated rings. The zero-order valence-electron chi connectivity index (χ0n) is 33.2. The Kier molecular flexibility index (Phi) is 20.9. The zero-order valence-corrected chi connectivity index (χ0v) is 33.2. The molecule has 0 aromatic heterocycles. The largest absolute Gasteiger partial charge is 0.508 e. The molecule has 3 aromatic carbocycles. The van der Waals surface area contributed by atoms with Gasteiger partial charge in [0.05, 0.1) is 0 Å². The van der Waals surface area contributed by atoms with Gasteiger partial charge in [0.2, 0.25) is 0 Å². The van der Waals surface area contributed by atoms with Crippen molar-refractivity contribution in [3.63, 3.8) is 0 Å². The van der Waals surface area contributed by atoms with Gasteiger partial charge in [-0.25, -0.2) is 0 Å². The molecule has 0 atom stereocenters. The van der Waals surface area contributed by atoms with Gasteiger partial charge in [0.15, 0.2) is 0 Å². The van der Waals surface area contributed by atoms with Crippen LogP contribution < -0.4 is 9.47 Å². The predicted molar refractivity (Wildman–Crippen MR) is 219 cm³/mol. The van der Waals surface area contributed by atoms with Crippen molar-refractivity contribution < 1.29 is 14.6 Å². The maximum absolute atomic E-state index is 12.3. The van der Waals surface area contributed by atoms with E-state index in [1.54, 1.807) is 0 Å². The van der Waals surface area contributed by atoms with E-state index in [0.29, 0.717) is 5.75 Å². The number of para-hydroxylation sites is 2. The molecule has 3 rings (SSSR count). The fourth-order valence-electron chi connectivity index (χ4n) is 7.96. The third kappa shape index (κ3) is 14.5. The van der Waals surface area contributed by atoms with E-state index in [-0.39, 0.29) is 0 Å². The van der Waals surface area contributed by atoms with E-state index in [0.717, 1.165) is 74.0 Å². The van der Waals surface area contributed by atoms with Crippen molar-refractivity contribution in [1.82, 2.24) is 0 Å². The van der Waals surface area contributed by atoms with Gasteiger partial charge in [0, 0.05) is 11.1 Å². The molecule has 3 nitrogen and oxygen atoms in total. The highest BCUT2D eigenvalue weighted by molar-refractivity contribution is 5.48. The Bertz CT molecular complexity index is 1240. The van der Waals surface area contributed by atoms with Crippen LogP contribution in [0.5, 0.6) is 17.2 Å². The molecule has 0 heterocycles. The van der Waals surface area contributed by atoms with Gasteiger partial charge < -0.3 is 14.6 Å². The number of phenols is 1. The molecule has 0 saturated carbocycles. The minimum Gasteiger partial charge on any atom is -0.508 e. The van der Waals surface area contributed by atoms with Crippen LogP contribution in [0.2, 0.25) is 0 Å². The highest BCUT2D eigenvalue weighted by atomic mass is 16.5. The van der Waals surface area contributed by atoms with Crippen LogP contribution in [-0.2, 0) is 11.2 Å². The SMILES string of the molecule is CCCCCCCC(CCCCCCC)(Oc1ccccc1)c1cccc(O)c1C(CCCCCCC)(CCCCCCC)Oc1ccccc1.